The average Bonchev–Trinajstić information content (AvgIpc) is 2.69. The number of nitrogens with zero attached hydrogens (tertiary/aromatic N) is 1. The number of carbonyl (C=O) groups is 1. The molecule has 3 heteroatoms. The van der Waals surface area contributed by atoms with Crippen molar-refractivity contribution in [2.24, 2.45) is 11.3 Å². The number of hydrogen-bond donors (Lipinski definition) is 1. The first kappa shape index (κ1) is 20.9. The number of hydrogen-bond acceptors (Lipinski definition) is 1. The van der Waals surface area contributed by atoms with Crippen molar-refractivity contribution in [3.63, 3.8) is 0 Å². The van der Waals surface area contributed by atoms with Crippen molar-refractivity contribution in [1.82, 2.24) is 5.32 Å². The number of para-hydroxylation sites is 2. The summed E-state index contributed by atoms with van der Waals surface area (Å²) < 4.78 is 0. The molecule has 0 bridgehead atoms. The lowest BCUT2D eigenvalue weighted by molar-refractivity contribution is 0.246. The third-order valence-electron chi connectivity index (χ3n) is 5.76. The molecule has 0 saturated carbocycles. The SMILES string of the molecule is CC1=CCCC(C)(C)C1/C=C/C(C)NC(=O)N(c1ccccc1)c1ccccc1. The second-order valence-corrected chi connectivity index (χ2v) is 8.58. The van der Waals surface area contributed by atoms with Gasteiger partial charge in [0.15, 0.2) is 0 Å². The van der Waals surface area contributed by atoms with Crippen LogP contribution in [0.25, 0.3) is 0 Å². The molecular weight excluding hydrogens is 356 g/mol. The first-order valence-corrected chi connectivity index (χ1v) is 10.4. The third-order valence-corrected chi connectivity index (χ3v) is 5.76. The Morgan fingerprint density at radius 2 is 1.62 bits per heavy atom. The summed E-state index contributed by atoms with van der Waals surface area (Å²) in [6, 6.07) is 19.3. The van der Waals surface area contributed by atoms with Gasteiger partial charge in [-0.3, -0.25) is 4.90 Å². The number of nitrogens with one attached hydrogen (secondary N) is 1. The zero-order chi connectivity index (χ0) is 20.9. The highest BCUT2D eigenvalue weighted by Gasteiger charge is 2.30. The number of anilines is 2. The van der Waals surface area contributed by atoms with Gasteiger partial charge in [-0.25, -0.2) is 4.79 Å². The quantitative estimate of drug-likeness (QED) is 0.557. The van der Waals surface area contributed by atoms with Crippen molar-refractivity contribution in [3.8, 4) is 0 Å². The van der Waals surface area contributed by atoms with Crippen LogP contribution in [0.2, 0.25) is 0 Å². The molecule has 0 saturated heterocycles. The molecule has 3 nitrogen and oxygen atoms in total. The Morgan fingerprint density at radius 3 is 2.14 bits per heavy atom. The van der Waals surface area contributed by atoms with E-state index in [1.54, 1.807) is 4.90 Å². The summed E-state index contributed by atoms with van der Waals surface area (Å²) in [5.41, 5.74) is 3.37. The van der Waals surface area contributed by atoms with Gasteiger partial charge in [0.05, 0.1) is 11.4 Å². The molecule has 0 heterocycles. The fraction of sp³-hybridized carbons (Fsp3) is 0.346. The topological polar surface area (TPSA) is 32.3 Å². The molecule has 152 valence electrons. The zero-order valence-corrected chi connectivity index (χ0v) is 17.9. The maximum Gasteiger partial charge on any atom is 0.326 e. The van der Waals surface area contributed by atoms with Gasteiger partial charge in [-0.15, -0.1) is 0 Å². The van der Waals surface area contributed by atoms with Crippen LogP contribution in [-0.2, 0) is 0 Å². The standard InChI is InChI=1S/C26H32N2O/c1-20-12-11-19-26(3,4)24(20)18-17-21(2)27-25(29)28(22-13-7-5-8-14-22)23-15-9-6-10-16-23/h5-10,12-18,21,24H,11,19H2,1-4H3,(H,27,29)/b18-17+. The summed E-state index contributed by atoms with van der Waals surface area (Å²) in [7, 11) is 0. The molecule has 3 rings (SSSR count). The molecule has 0 aromatic heterocycles. The minimum Gasteiger partial charge on any atom is -0.331 e. The van der Waals surface area contributed by atoms with Gasteiger partial charge < -0.3 is 5.32 Å². The van der Waals surface area contributed by atoms with E-state index in [-0.39, 0.29) is 17.5 Å². The van der Waals surface area contributed by atoms with Gasteiger partial charge in [0.1, 0.15) is 0 Å². The Kier molecular flexibility index (Phi) is 6.58. The fourth-order valence-corrected chi connectivity index (χ4v) is 4.11. The summed E-state index contributed by atoms with van der Waals surface area (Å²) in [6.07, 6.45) is 9.08. The molecule has 1 N–H and O–H groups in total. The van der Waals surface area contributed by atoms with Gasteiger partial charge in [-0.05, 0) is 56.4 Å². The molecule has 2 atom stereocenters. The van der Waals surface area contributed by atoms with Gasteiger partial charge in [0.25, 0.3) is 0 Å². The van der Waals surface area contributed by atoms with Crippen molar-refractivity contribution < 1.29 is 4.79 Å². The van der Waals surface area contributed by atoms with Crippen LogP contribution in [0.15, 0.2) is 84.5 Å². The van der Waals surface area contributed by atoms with Crippen LogP contribution in [0.4, 0.5) is 16.2 Å². The van der Waals surface area contributed by atoms with Crippen molar-refractivity contribution in [2.45, 2.75) is 46.6 Å². The van der Waals surface area contributed by atoms with Gasteiger partial charge in [-0.1, -0.05) is 74.0 Å². The molecule has 2 aromatic rings. The van der Waals surface area contributed by atoms with Crippen LogP contribution in [0.3, 0.4) is 0 Å². The molecule has 1 aliphatic carbocycles. The van der Waals surface area contributed by atoms with Crippen molar-refractivity contribution in [1.29, 1.82) is 0 Å². The Bertz CT molecular complexity index is 829. The second-order valence-electron chi connectivity index (χ2n) is 8.58. The smallest absolute Gasteiger partial charge is 0.326 e. The van der Waals surface area contributed by atoms with Gasteiger partial charge in [-0.2, -0.15) is 0 Å². The second kappa shape index (κ2) is 9.13. The maximum absolute atomic E-state index is 13.2. The predicted molar refractivity (Wildman–Crippen MR) is 122 cm³/mol. The number of urea groups is 1. The number of amides is 2. The van der Waals surface area contributed by atoms with Crippen molar-refractivity contribution >= 4 is 17.4 Å². The van der Waals surface area contributed by atoms with Crippen molar-refractivity contribution in [2.75, 3.05) is 4.90 Å². The van der Waals surface area contributed by atoms with Gasteiger partial charge in [0, 0.05) is 12.0 Å². The molecule has 0 fully saturated rings. The van der Waals surface area contributed by atoms with E-state index < -0.39 is 0 Å². The van der Waals surface area contributed by atoms with E-state index >= 15 is 0 Å². The molecule has 2 unspecified atom stereocenters. The first-order valence-electron chi connectivity index (χ1n) is 10.4. The van der Waals surface area contributed by atoms with Gasteiger partial charge >= 0.3 is 6.03 Å². The fourth-order valence-electron chi connectivity index (χ4n) is 4.11. The molecule has 0 aliphatic heterocycles. The number of carbonyl (C=O) groups excluding carboxylic acids is 1. The summed E-state index contributed by atoms with van der Waals surface area (Å²) in [5.74, 6) is 0.412. The Hall–Kier alpha value is -2.81. The molecule has 2 amide bonds. The number of rotatable bonds is 5. The van der Waals surface area contributed by atoms with E-state index in [2.05, 4.69) is 44.3 Å². The Balaban J connectivity index is 1.76. The number of allylic oxidation sites excluding steroid dienone is 3. The molecule has 0 radical (unpaired) electrons. The Labute approximate surface area is 175 Å². The summed E-state index contributed by atoms with van der Waals surface area (Å²) in [5, 5.41) is 3.14. The lowest BCUT2D eigenvalue weighted by atomic mass is 9.68. The minimum absolute atomic E-state index is 0.0667. The van der Waals surface area contributed by atoms with E-state index in [0.29, 0.717) is 5.92 Å². The first-order chi connectivity index (χ1) is 13.9. The van der Waals surface area contributed by atoms with Crippen LogP contribution in [0.1, 0.15) is 40.5 Å². The highest BCUT2D eigenvalue weighted by Crippen LogP contribution is 2.41. The maximum atomic E-state index is 13.2. The lowest BCUT2D eigenvalue weighted by Crippen LogP contribution is -2.41. The van der Waals surface area contributed by atoms with E-state index in [9.17, 15) is 4.79 Å². The highest BCUT2D eigenvalue weighted by molar-refractivity contribution is 5.99. The zero-order valence-electron chi connectivity index (χ0n) is 17.9. The predicted octanol–water partition coefficient (Wildman–Crippen LogP) is 6.86. The average molecular weight is 389 g/mol. The molecule has 0 spiro atoms. The van der Waals surface area contributed by atoms with E-state index in [1.807, 2.05) is 67.6 Å². The molecule has 1 aliphatic rings. The van der Waals surface area contributed by atoms with Crippen LogP contribution in [0.5, 0.6) is 0 Å². The highest BCUT2D eigenvalue weighted by atomic mass is 16.2. The molecule has 29 heavy (non-hydrogen) atoms. The Morgan fingerprint density at radius 1 is 1.07 bits per heavy atom. The van der Waals surface area contributed by atoms with Gasteiger partial charge in [0.2, 0.25) is 0 Å². The molecular formula is C26H32N2O. The normalized spacial score (nSPS) is 19.4. The van der Waals surface area contributed by atoms with Crippen LogP contribution < -0.4 is 10.2 Å². The summed E-state index contributed by atoms with van der Waals surface area (Å²) in [4.78, 5) is 14.9. The van der Waals surface area contributed by atoms with Crippen molar-refractivity contribution in [3.05, 3.63) is 84.5 Å². The lowest BCUT2D eigenvalue weighted by Gasteiger charge is -2.37. The van der Waals surface area contributed by atoms with Crippen LogP contribution in [0, 0.1) is 11.3 Å². The van der Waals surface area contributed by atoms with E-state index in [0.717, 1.165) is 17.8 Å². The monoisotopic (exact) mass is 388 g/mol. The largest absolute Gasteiger partial charge is 0.331 e. The molecule has 2 aromatic carbocycles. The van der Waals surface area contributed by atoms with Crippen LogP contribution in [-0.4, -0.2) is 12.1 Å². The summed E-state index contributed by atoms with van der Waals surface area (Å²) >= 11 is 0. The van der Waals surface area contributed by atoms with Crippen LogP contribution >= 0.6 is 0 Å². The third kappa shape index (κ3) is 5.17. The summed E-state index contributed by atoms with van der Waals surface area (Å²) in [6.45, 7) is 8.89. The number of benzene rings is 2. The van der Waals surface area contributed by atoms with E-state index in [1.165, 1.54) is 12.0 Å². The van der Waals surface area contributed by atoms with E-state index in [4.69, 9.17) is 0 Å². The minimum atomic E-state index is -0.130.